The standard InChI is InChI=1S/2ClH.H3P.Sn.H/h2*1H;1H3;;. The van der Waals surface area contributed by atoms with Crippen LogP contribution in [-0.2, 0) is 0 Å². The van der Waals surface area contributed by atoms with Gasteiger partial charge in [0, 0.05) is 0 Å². The van der Waals surface area contributed by atoms with Gasteiger partial charge in [-0.1, -0.05) is 0 Å². The molecule has 3 radical (unpaired) electrons. The molecule has 4 heavy (non-hydrogen) atoms. The van der Waals surface area contributed by atoms with Gasteiger partial charge in [0.05, 0.1) is 0 Å². The fraction of sp³-hybridized carbons (Fsp3) is 0. The van der Waals surface area contributed by atoms with Gasteiger partial charge < -0.3 is 0 Å². The molecule has 29 valence electrons. The summed E-state index contributed by atoms with van der Waals surface area (Å²) in [6, 6.07) is 0. The Hall–Kier alpha value is 1.81. The van der Waals surface area contributed by atoms with Crippen LogP contribution >= 0.6 is 34.7 Å². The normalized spacial score (nSPS) is 0. The first-order chi connectivity index (χ1) is 0. The molecule has 0 aromatic heterocycles. The molecule has 0 saturated carbocycles. The first kappa shape index (κ1) is 41.1. The number of rotatable bonds is 0. The minimum atomic E-state index is 0. The van der Waals surface area contributed by atoms with E-state index in [4.69, 9.17) is 0 Å². The van der Waals surface area contributed by atoms with Crippen LogP contribution in [-0.4, -0.2) is 23.9 Å². The molecular weight excluding hydrogens is 221 g/mol. The molecule has 0 aliphatic carbocycles. The van der Waals surface area contributed by atoms with Crippen molar-refractivity contribution in [2.45, 2.75) is 0 Å². The maximum atomic E-state index is 0. The maximum absolute atomic E-state index is 0. The SMILES string of the molecule is Cl.Cl.P.[SnH]. The zero-order chi connectivity index (χ0) is 0. The van der Waals surface area contributed by atoms with E-state index in [1.807, 2.05) is 0 Å². The van der Waals surface area contributed by atoms with Gasteiger partial charge in [-0.3, -0.25) is 0 Å². The van der Waals surface area contributed by atoms with Crippen molar-refractivity contribution in [3.05, 3.63) is 0 Å². The molecule has 0 aromatic carbocycles. The van der Waals surface area contributed by atoms with E-state index in [-0.39, 0.29) is 58.6 Å². The second-order valence-corrected chi connectivity index (χ2v) is 0. The Morgan fingerprint density at radius 3 is 0.750 bits per heavy atom. The second kappa shape index (κ2) is 21.3. The molecule has 0 bridgehead atoms. The topological polar surface area (TPSA) is 0 Å². The van der Waals surface area contributed by atoms with Crippen LogP contribution in [0.5, 0.6) is 0 Å². The molecule has 0 amide bonds. The average Bonchev–Trinajstić information content (AvgIpc) is 0. The van der Waals surface area contributed by atoms with Crippen LogP contribution in [0.2, 0.25) is 0 Å². The molecule has 0 heterocycles. The van der Waals surface area contributed by atoms with Gasteiger partial charge in [0.1, 0.15) is 0 Å². The molecule has 0 nitrogen and oxygen atoms in total. The second-order valence-electron chi connectivity index (χ2n) is 0. The van der Waals surface area contributed by atoms with E-state index in [1.165, 1.54) is 0 Å². The predicted octanol–water partition coefficient (Wildman–Crippen LogP) is 0.253. The van der Waals surface area contributed by atoms with Crippen molar-refractivity contribution in [3.63, 3.8) is 0 Å². The van der Waals surface area contributed by atoms with Gasteiger partial charge in [0.25, 0.3) is 0 Å². The van der Waals surface area contributed by atoms with Gasteiger partial charge in [-0.2, -0.15) is 9.90 Å². The van der Waals surface area contributed by atoms with Gasteiger partial charge >= 0.3 is 23.9 Å². The quantitative estimate of drug-likeness (QED) is 0.411. The molecule has 0 rings (SSSR count). The molecule has 0 N–H and O–H groups in total. The Morgan fingerprint density at radius 2 is 0.750 bits per heavy atom. The van der Waals surface area contributed by atoms with Gasteiger partial charge in [-0.15, -0.1) is 24.8 Å². The monoisotopic (exact) mass is 227 g/mol. The zero-order valence-electron chi connectivity index (χ0n) is 2.10. The molecule has 0 fully saturated rings. The Balaban J connectivity index is 0. The van der Waals surface area contributed by atoms with E-state index in [9.17, 15) is 0 Å². The van der Waals surface area contributed by atoms with Crippen molar-refractivity contribution >= 4 is 58.6 Å². The average molecular weight is 227 g/mol. The third-order valence-corrected chi connectivity index (χ3v) is 0. The van der Waals surface area contributed by atoms with Crippen molar-refractivity contribution in [1.29, 1.82) is 0 Å². The summed E-state index contributed by atoms with van der Waals surface area (Å²) in [5, 5.41) is 0. The van der Waals surface area contributed by atoms with E-state index in [0.29, 0.717) is 0 Å². The van der Waals surface area contributed by atoms with Crippen LogP contribution in [0.3, 0.4) is 0 Å². The summed E-state index contributed by atoms with van der Waals surface area (Å²) < 4.78 is 0. The Labute approximate surface area is 58.5 Å². The molecule has 1 unspecified atom stereocenters. The third-order valence-electron chi connectivity index (χ3n) is 0. The Bertz CT molecular complexity index is 6.00. The molecule has 1 atom stereocenters. The first-order valence-corrected chi connectivity index (χ1v) is 0. The third kappa shape index (κ3) is 9.18. The van der Waals surface area contributed by atoms with Crippen molar-refractivity contribution in [3.8, 4) is 0 Å². The van der Waals surface area contributed by atoms with Gasteiger partial charge in [0.15, 0.2) is 0 Å². The summed E-state index contributed by atoms with van der Waals surface area (Å²) in [5.41, 5.74) is 0. The van der Waals surface area contributed by atoms with Crippen molar-refractivity contribution < 1.29 is 0 Å². The van der Waals surface area contributed by atoms with Crippen molar-refractivity contribution in [1.82, 2.24) is 0 Å². The van der Waals surface area contributed by atoms with E-state index in [2.05, 4.69) is 0 Å². The molecule has 0 saturated heterocycles. The molecule has 0 aliphatic heterocycles. The van der Waals surface area contributed by atoms with Crippen LogP contribution in [0.1, 0.15) is 0 Å². The van der Waals surface area contributed by atoms with E-state index in [0.717, 1.165) is 0 Å². The van der Waals surface area contributed by atoms with Crippen LogP contribution in [0.25, 0.3) is 0 Å². The number of hydrogen-bond donors (Lipinski definition) is 0. The Kier molecular flexibility index (Phi) is 219. The minimum absolute atomic E-state index is 0. The fourth-order valence-corrected chi connectivity index (χ4v) is 0. The van der Waals surface area contributed by atoms with Crippen LogP contribution in [0.4, 0.5) is 0 Å². The van der Waals surface area contributed by atoms with Gasteiger partial charge in [-0.25, -0.2) is 0 Å². The van der Waals surface area contributed by atoms with Gasteiger partial charge in [-0.05, 0) is 0 Å². The van der Waals surface area contributed by atoms with Crippen molar-refractivity contribution in [2.75, 3.05) is 0 Å². The van der Waals surface area contributed by atoms with E-state index in [1.54, 1.807) is 0 Å². The Morgan fingerprint density at radius 1 is 0.750 bits per heavy atom. The molecule has 0 aliphatic rings. The van der Waals surface area contributed by atoms with Gasteiger partial charge in [0.2, 0.25) is 0 Å². The summed E-state index contributed by atoms with van der Waals surface area (Å²) in [4.78, 5) is 0. The predicted molar refractivity (Wildman–Crippen MR) is 32.7 cm³/mol. The zero-order valence-corrected chi connectivity index (χ0v) is 8.44. The molecular formula is H6Cl2PSn. The summed E-state index contributed by atoms with van der Waals surface area (Å²) in [6.45, 7) is 0. The summed E-state index contributed by atoms with van der Waals surface area (Å²) >= 11 is 0. The van der Waals surface area contributed by atoms with Crippen LogP contribution in [0.15, 0.2) is 0 Å². The van der Waals surface area contributed by atoms with E-state index >= 15 is 0 Å². The molecule has 0 aromatic rings. The fourth-order valence-electron chi connectivity index (χ4n) is 0. The van der Waals surface area contributed by atoms with E-state index < -0.39 is 0 Å². The number of halogens is 2. The van der Waals surface area contributed by atoms with Crippen molar-refractivity contribution in [2.24, 2.45) is 0 Å². The molecule has 0 spiro atoms. The van der Waals surface area contributed by atoms with Crippen LogP contribution < -0.4 is 0 Å². The summed E-state index contributed by atoms with van der Waals surface area (Å²) in [7, 11) is 0. The first-order valence-electron chi connectivity index (χ1n) is 0. The summed E-state index contributed by atoms with van der Waals surface area (Å²) in [5.74, 6) is 0. The number of hydrogen-bond acceptors (Lipinski definition) is 0. The molecule has 4 heteroatoms. The van der Waals surface area contributed by atoms with Crippen LogP contribution in [0, 0.1) is 0 Å². The summed E-state index contributed by atoms with van der Waals surface area (Å²) in [6.07, 6.45) is 0.